The summed E-state index contributed by atoms with van der Waals surface area (Å²) in [7, 11) is 1.94. The number of benzene rings is 2. The van der Waals surface area contributed by atoms with Crippen molar-refractivity contribution >= 4 is 16.8 Å². The molecule has 2 heteroatoms. The summed E-state index contributed by atoms with van der Waals surface area (Å²) in [5.74, 6) is 0.948. The van der Waals surface area contributed by atoms with Gasteiger partial charge in [0.05, 0.1) is 6.61 Å². The zero-order chi connectivity index (χ0) is 12.8. The fourth-order valence-electron chi connectivity index (χ4n) is 2.02. The lowest BCUT2D eigenvalue weighted by Gasteiger charge is -2.10. The predicted octanol–water partition coefficient (Wildman–Crippen LogP) is 3.47. The lowest BCUT2D eigenvalue weighted by Crippen LogP contribution is -2.03. The summed E-state index contributed by atoms with van der Waals surface area (Å²) in [6.07, 6.45) is 4.24. The molecule has 2 aromatic carbocycles. The van der Waals surface area contributed by atoms with Crippen molar-refractivity contribution in [3.8, 4) is 5.75 Å². The van der Waals surface area contributed by atoms with Crippen LogP contribution in [0.25, 0.3) is 16.8 Å². The molecule has 0 saturated heterocycles. The van der Waals surface area contributed by atoms with Gasteiger partial charge in [0.25, 0.3) is 0 Å². The van der Waals surface area contributed by atoms with Gasteiger partial charge in [0.15, 0.2) is 0 Å². The molecular formula is C16H19NO. The number of rotatable bonds is 5. The van der Waals surface area contributed by atoms with E-state index in [4.69, 9.17) is 4.74 Å². The van der Waals surface area contributed by atoms with Crippen LogP contribution in [0.4, 0.5) is 0 Å². The van der Waals surface area contributed by atoms with Crippen LogP contribution in [0.2, 0.25) is 0 Å². The van der Waals surface area contributed by atoms with Crippen molar-refractivity contribution in [1.82, 2.24) is 5.32 Å². The summed E-state index contributed by atoms with van der Waals surface area (Å²) in [5, 5.41) is 5.58. The van der Waals surface area contributed by atoms with Crippen LogP contribution in [0.5, 0.6) is 5.75 Å². The number of likely N-dealkylation sites (N-methyl/N-ethyl adjacent to an activating group) is 1. The predicted molar refractivity (Wildman–Crippen MR) is 78.1 cm³/mol. The number of hydrogen-bond acceptors (Lipinski definition) is 2. The van der Waals surface area contributed by atoms with Gasteiger partial charge in [-0.25, -0.2) is 0 Å². The Morgan fingerprint density at radius 3 is 2.78 bits per heavy atom. The summed E-state index contributed by atoms with van der Waals surface area (Å²) in [5.41, 5.74) is 1.16. The Hall–Kier alpha value is -1.80. The maximum absolute atomic E-state index is 5.70. The molecule has 0 amide bonds. The molecule has 2 nitrogen and oxygen atoms in total. The van der Waals surface area contributed by atoms with Gasteiger partial charge in [0, 0.05) is 12.1 Å². The Kier molecular flexibility index (Phi) is 4.37. The molecule has 0 bridgehead atoms. The van der Waals surface area contributed by atoms with E-state index in [0.717, 1.165) is 17.9 Å². The van der Waals surface area contributed by atoms with Crippen molar-refractivity contribution in [3.63, 3.8) is 0 Å². The third kappa shape index (κ3) is 2.71. The van der Waals surface area contributed by atoms with Crippen molar-refractivity contribution < 1.29 is 4.74 Å². The highest BCUT2D eigenvalue weighted by Gasteiger charge is 2.05. The van der Waals surface area contributed by atoms with E-state index in [2.05, 4.69) is 47.8 Å². The number of ether oxygens (including phenoxy) is 1. The van der Waals surface area contributed by atoms with Gasteiger partial charge in [-0.1, -0.05) is 42.5 Å². The van der Waals surface area contributed by atoms with E-state index in [1.807, 2.05) is 20.0 Å². The van der Waals surface area contributed by atoms with Crippen LogP contribution in [0.1, 0.15) is 12.5 Å². The zero-order valence-corrected chi connectivity index (χ0v) is 10.9. The number of fused-ring (bicyclic) bond motifs is 1. The van der Waals surface area contributed by atoms with Gasteiger partial charge < -0.3 is 10.1 Å². The normalized spacial score (nSPS) is 11.2. The monoisotopic (exact) mass is 241 g/mol. The molecule has 0 aliphatic rings. The highest BCUT2D eigenvalue weighted by Crippen LogP contribution is 2.29. The second-order valence-electron chi connectivity index (χ2n) is 4.09. The smallest absolute Gasteiger partial charge is 0.127 e. The molecule has 0 fully saturated rings. The van der Waals surface area contributed by atoms with Crippen molar-refractivity contribution in [3.05, 3.63) is 48.0 Å². The lowest BCUT2D eigenvalue weighted by molar-refractivity contribution is 0.340. The van der Waals surface area contributed by atoms with Gasteiger partial charge in [0.2, 0.25) is 0 Å². The topological polar surface area (TPSA) is 21.3 Å². The third-order valence-corrected chi connectivity index (χ3v) is 2.84. The fourth-order valence-corrected chi connectivity index (χ4v) is 2.02. The van der Waals surface area contributed by atoms with E-state index in [0.29, 0.717) is 6.61 Å². The lowest BCUT2D eigenvalue weighted by atomic mass is 10.0. The quantitative estimate of drug-likeness (QED) is 0.865. The summed E-state index contributed by atoms with van der Waals surface area (Å²) in [6, 6.07) is 12.5. The molecule has 0 aliphatic carbocycles. The van der Waals surface area contributed by atoms with E-state index in [1.165, 1.54) is 10.8 Å². The molecule has 1 N–H and O–H groups in total. The average Bonchev–Trinajstić information content (AvgIpc) is 2.41. The first-order chi connectivity index (χ1) is 8.86. The highest BCUT2D eigenvalue weighted by molar-refractivity contribution is 5.93. The largest absolute Gasteiger partial charge is 0.493 e. The molecule has 0 aliphatic heterocycles. The van der Waals surface area contributed by atoms with Gasteiger partial charge in [-0.3, -0.25) is 0 Å². The standard InChI is InChI=1S/C16H19NO/c1-3-18-16-11-10-13-7-4-5-8-14(13)15(16)9-6-12-17-2/h4-11,17H,3,12H2,1-2H3. The van der Waals surface area contributed by atoms with Crippen LogP contribution in [0.15, 0.2) is 42.5 Å². The molecule has 94 valence electrons. The van der Waals surface area contributed by atoms with Crippen LogP contribution >= 0.6 is 0 Å². The summed E-state index contributed by atoms with van der Waals surface area (Å²) in [6.45, 7) is 3.55. The number of hydrogen-bond donors (Lipinski definition) is 1. The molecule has 0 aromatic heterocycles. The van der Waals surface area contributed by atoms with Crippen molar-refractivity contribution in [2.75, 3.05) is 20.2 Å². The van der Waals surface area contributed by atoms with Crippen molar-refractivity contribution in [2.24, 2.45) is 0 Å². The third-order valence-electron chi connectivity index (χ3n) is 2.84. The molecule has 0 spiro atoms. The minimum absolute atomic E-state index is 0.686. The van der Waals surface area contributed by atoms with Gasteiger partial charge in [-0.05, 0) is 30.8 Å². The zero-order valence-electron chi connectivity index (χ0n) is 10.9. The molecule has 0 atom stereocenters. The van der Waals surface area contributed by atoms with Crippen LogP contribution < -0.4 is 10.1 Å². The van der Waals surface area contributed by atoms with Crippen molar-refractivity contribution in [2.45, 2.75) is 6.92 Å². The molecule has 0 heterocycles. The summed E-state index contributed by atoms with van der Waals surface area (Å²) < 4.78 is 5.70. The maximum Gasteiger partial charge on any atom is 0.127 e. The van der Waals surface area contributed by atoms with Crippen LogP contribution in [-0.2, 0) is 0 Å². The Morgan fingerprint density at radius 1 is 1.17 bits per heavy atom. The molecular weight excluding hydrogens is 222 g/mol. The van der Waals surface area contributed by atoms with Crippen LogP contribution in [0.3, 0.4) is 0 Å². The van der Waals surface area contributed by atoms with Crippen LogP contribution in [0, 0.1) is 0 Å². The second-order valence-corrected chi connectivity index (χ2v) is 4.09. The Bertz CT molecular complexity index is 546. The first kappa shape index (κ1) is 12.7. The molecule has 0 unspecified atom stereocenters. The summed E-state index contributed by atoms with van der Waals surface area (Å²) >= 11 is 0. The minimum atomic E-state index is 0.686. The average molecular weight is 241 g/mol. The first-order valence-electron chi connectivity index (χ1n) is 6.32. The highest BCUT2D eigenvalue weighted by atomic mass is 16.5. The summed E-state index contributed by atoms with van der Waals surface area (Å²) in [4.78, 5) is 0. The number of nitrogens with one attached hydrogen (secondary N) is 1. The fraction of sp³-hybridized carbons (Fsp3) is 0.250. The van der Waals surface area contributed by atoms with Crippen LogP contribution in [-0.4, -0.2) is 20.2 Å². The Labute approximate surface area is 108 Å². The first-order valence-corrected chi connectivity index (χ1v) is 6.32. The van der Waals surface area contributed by atoms with E-state index in [9.17, 15) is 0 Å². The van der Waals surface area contributed by atoms with Gasteiger partial charge in [-0.15, -0.1) is 0 Å². The maximum atomic E-state index is 5.70. The Balaban J connectivity index is 2.51. The Morgan fingerprint density at radius 2 is 2.00 bits per heavy atom. The molecule has 0 radical (unpaired) electrons. The molecule has 18 heavy (non-hydrogen) atoms. The van der Waals surface area contributed by atoms with E-state index >= 15 is 0 Å². The van der Waals surface area contributed by atoms with Gasteiger partial charge in [0.1, 0.15) is 5.75 Å². The molecule has 2 aromatic rings. The second kappa shape index (κ2) is 6.22. The SMILES string of the molecule is CCOc1ccc2ccccc2c1C=CCNC. The molecule has 2 rings (SSSR count). The van der Waals surface area contributed by atoms with E-state index < -0.39 is 0 Å². The molecule has 0 saturated carbocycles. The van der Waals surface area contributed by atoms with E-state index in [-0.39, 0.29) is 0 Å². The van der Waals surface area contributed by atoms with Gasteiger partial charge in [-0.2, -0.15) is 0 Å². The van der Waals surface area contributed by atoms with E-state index in [1.54, 1.807) is 0 Å². The van der Waals surface area contributed by atoms with Crippen molar-refractivity contribution in [1.29, 1.82) is 0 Å². The minimum Gasteiger partial charge on any atom is -0.493 e. The van der Waals surface area contributed by atoms with Gasteiger partial charge >= 0.3 is 0 Å².